The summed E-state index contributed by atoms with van der Waals surface area (Å²) in [5.74, 6) is -1.55. The zero-order valence-electron chi connectivity index (χ0n) is 12.9. The van der Waals surface area contributed by atoms with Crippen LogP contribution in [-0.2, 0) is 0 Å². The summed E-state index contributed by atoms with van der Waals surface area (Å²) in [5, 5.41) is 1.35. The normalized spacial score (nSPS) is 13.3. The Balaban J connectivity index is 2.27. The maximum atomic E-state index is 13.1. The Bertz CT molecular complexity index is 853. The number of hydrogen-bond donors (Lipinski definition) is 0. The number of rotatable bonds is 2. The number of nitrogens with zero attached hydrogens (tertiary/aromatic N) is 1. The number of aromatic nitrogens is 1. The molecule has 2 aromatic carbocycles. The molecule has 3 rings (SSSR count). The number of hydrogen-bond acceptors (Lipinski definition) is 1. The highest BCUT2D eigenvalue weighted by atomic mass is 19.4. The highest BCUT2D eigenvalue weighted by molar-refractivity contribution is 5.97. The van der Waals surface area contributed by atoms with Gasteiger partial charge in [-0.05, 0) is 30.4 Å². The minimum Gasteiger partial charge on any atom is -0.255 e. The third-order valence-corrected chi connectivity index (χ3v) is 4.18. The Labute approximate surface area is 132 Å². The van der Waals surface area contributed by atoms with Crippen molar-refractivity contribution in [3.8, 4) is 11.3 Å². The van der Waals surface area contributed by atoms with Crippen molar-refractivity contribution >= 4 is 10.8 Å². The molecule has 0 saturated carbocycles. The van der Waals surface area contributed by atoms with Crippen molar-refractivity contribution in [2.75, 3.05) is 0 Å². The fraction of sp³-hybridized carbons (Fsp3) is 0.211. The monoisotopic (exact) mass is 315 g/mol. The van der Waals surface area contributed by atoms with Crippen molar-refractivity contribution in [1.29, 1.82) is 0 Å². The molecule has 0 aliphatic carbocycles. The van der Waals surface area contributed by atoms with Gasteiger partial charge in [0.05, 0.1) is 11.6 Å². The third kappa shape index (κ3) is 2.81. The van der Waals surface area contributed by atoms with E-state index in [-0.39, 0.29) is 5.56 Å². The quantitative estimate of drug-likeness (QED) is 0.576. The van der Waals surface area contributed by atoms with Crippen LogP contribution in [0, 0.1) is 6.92 Å². The second-order valence-electron chi connectivity index (χ2n) is 5.69. The van der Waals surface area contributed by atoms with E-state index in [9.17, 15) is 13.2 Å². The standard InChI is InChI=1S/C19H16F3N/c1-12-7-3-4-8-14(12)18-16-10-6-5-9-15(16)17(11-23-18)13(2)19(20,21)22/h3-11,13H,1-2H3. The van der Waals surface area contributed by atoms with Gasteiger partial charge in [-0.3, -0.25) is 4.98 Å². The molecule has 0 aliphatic heterocycles. The van der Waals surface area contributed by atoms with Gasteiger partial charge >= 0.3 is 6.18 Å². The fourth-order valence-corrected chi connectivity index (χ4v) is 2.79. The second-order valence-corrected chi connectivity index (χ2v) is 5.69. The average Bonchev–Trinajstić information content (AvgIpc) is 2.53. The van der Waals surface area contributed by atoms with Crippen LogP contribution in [0.15, 0.2) is 54.7 Å². The number of pyridine rings is 1. The molecule has 0 aliphatic rings. The van der Waals surface area contributed by atoms with Crippen LogP contribution in [0.4, 0.5) is 13.2 Å². The van der Waals surface area contributed by atoms with Gasteiger partial charge in [0, 0.05) is 17.1 Å². The van der Waals surface area contributed by atoms with Gasteiger partial charge in [0.1, 0.15) is 0 Å². The number of alkyl halides is 3. The molecule has 0 spiro atoms. The molecule has 0 amide bonds. The lowest BCUT2D eigenvalue weighted by molar-refractivity contribution is -0.146. The Morgan fingerprint density at radius 1 is 0.913 bits per heavy atom. The largest absolute Gasteiger partial charge is 0.395 e. The minimum absolute atomic E-state index is 0.213. The second kappa shape index (κ2) is 5.69. The minimum atomic E-state index is -4.28. The number of benzene rings is 2. The molecule has 3 aromatic rings. The maximum absolute atomic E-state index is 13.1. The van der Waals surface area contributed by atoms with Gasteiger partial charge in [0.2, 0.25) is 0 Å². The van der Waals surface area contributed by atoms with Crippen LogP contribution < -0.4 is 0 Å². The lowest BCUT2D eigenvalue weighted by Gasteiger charge is -2.19. The van der Waals surface area contributed by atoms with Gasteiger partial charge in [-0.15, -0.1) is 0 Å². The third-order valence-electron chi connectivity index (χ3n) is 4.18. The molecule has 23 heavy (non-hydrogen) atoms. The summed E-state index contributed by atoms with van der Waals surface area (Å²) < 4.78 is 39.4. The summed E-state index contributed by atoms with van der Waals surface area (Å²) in [6.07, 6.45) is -2.92. The Morgan fingerprint density at radius 3 is 2.17 bits per heavy atom. The first-order valence-corrected chi connectivity index (χ1v) is 7.40. The lowest BCUT2D eigenvalue weighted by Crippen LogP contribution is -2.18. The van der Waals surface area contributed by atoms with Gasteiger partial charge in [-0.1, -0.05) is 48.5 Å². The van der Waals surface area contributed by atoms with E-state index >= 15 is 0 Å². The summed E-state index contributed by atoms with van der Waals surface area (Å²) in [7, 11) is 0. The number of halogens is 3. The summed E-state index contributed by atoms with van der Waals surface area (Å²) in [5.41, 5.74) is 2.92. The van der Waals surface area contributed by atoms with E-state index in [4.69, 9.17) is 0 Å². The first-order valence-electron chi connectivity index (χ1n) is 7.40. The molecule has 0 bridgehead atoms. The molecule has 1 heterocycles. The highest BCUT2D eigenvalue weighted by Crippen LogP contribution is 2.39. The highest BCUT2D eigenvalue weighted by Gasteiger charge is 2.38. The van der Waals surface area contributed by atoms with Gasteiger partial charge in [-0.2, -0.15) is 13.2 Å². The lowest BCUT2D eigenvalue weighted by atomic mass is 9.93. The van der Waals surface area contributed by atoms with Crippen molar-refractivity contribution in [3.05, 3.63) is 65.9 Å². The van der Waals surface area contributed by atoms with E-state index < -0.39 is 12.1 Å². The predicted molar refractivity (Wildman–Crippen MR) is 86.4 cm³/mol. The molecule has 1 atom stereocenters. The van der Waals surface area contributed by atoms with Crippen molar-refractivity contribution in [2.24, 2.45) is 0 Å². The molecular formula is C19H16F3N. The van der Waals surface area contributed by atoms with Crippen LogP contribution in [0.5, 0.6) is 0 Å². The van der Waals surface area contributed by atoms with Crippen LogP contribution in [-0.4, -0.2) is 11.2 Å². The molecule has 0 fully saturated rings. The Morgan fingerprint density at radius 2 is 1.52 bits per heavy atom. The van der Waals surface area contributed by atoms with Crippen molar-refractivity contribution in [2.45, 2.75) is 25.9 Å². The van der Waals surface area contributed by atoms with Crippen molar-refractivity contribution < 1.29 is 13.2 Å². The number of fused-ring (bicyclic) bond motifs is 1. The van der Waals surface area contributed by atoms with E-state index in [1.54, 1.807) is 12.1 Å². The average molecular weight is 315 g/mol. The zero-order valence-corrected chi connectivity index (χ0v) is 12.9. The summed E-state index contributed by atoms with van der Waals surface area (Å²) in [6.45, 7) is 3.15. The Hall–Kier alpha value is -2.36. The first-order chi connectivity index (χ1) is 10.9. The molecule has 1 aromatic heterocycles. The van der Waals surface area contributed by atoms with E-state index in [0.717, 1.165) is 22.2 Å². The molecule has 0 saturated heterocycles. The van der Waals surface area contributed by atoms with Gasteiger partial charge in [0.25, 0.3) is 0 Å². The van der Waals surface area contributed by atoms with Crippen LogP contribution in [0.3, 0.4) is 0 Å². The molecule has 1 nitrogen and oxygen atoms in total. The molecule has 118 valence electrons. The molecule has 0 N–H and O–H groups in total. The summed E-state index contributed by atoms with van der Waals surface area (Å²) in [6, 6.07) is 14.9. The molecule has 0 radical (unpaired) electrons. The van der Waals surface area contributed by atoms with Gasteiger partial charge in [0.15, 0.2) is 0 Å². The van der Waals surface area contributed by atoms with Gasteiger partial charge in [-0.25, -0.2) is 0 Å². The maximum Gasteiger partial charge on any atom is 0.395 e. The van der Waals surface area contributed by atoms with Crippen LogP contribution in [0.1, 0.15) is 24.0 Å². The fourth-order valence-electron chi connectivity index (χ4n) is 2.79. The van der Waals surface area contributed by atoms with Gasteiger partial charge < -0.3 is 0 Å². The van der Waals surface area contributed by atoms with Crippen LogP contribution in [0.25, 0.3) is 22.0 Å². The zero-order chi connectivity index (χ0) is 16.6. The van der Waals surface area contributed by atoms with E-state index in [1.165, 1.54) is 13.1 Å². The van der Waals surface area contributed by atoms with E-state index in [2.05, 4.69) is 4.98 Å². The van der Waals surface area contributed by atoms with E-state index in [1.807, 2.05) is 43.3 Å². The van der Waals surface area contributed by atoms with Crippen molar-refractivity contribution in [1.82, 2.24) is 4.98 Å². The predicted octanol–water partition coefficient (Wildman–Crippen LogP) is 5.88. The molecular weight excluding hydrogens is 299 g/mol. The number of aryl methyl sites for hydroxylation is 1. The summed E-state index contributed by atoms with van der Waals surface area (Å²) in [4.78, 5) is 4.37. The SMILES string of the molecule is Cc1ccccc1-c1ncc(C(C)C(F)(F)F)c2ccccc12. The smallest absolute Gasteiger partial charge is 0.255 e. The van der Waals surface area contributed by atoms with Crippen LogP contribution in [0.2, 0.25) is 0 Å². The topological polar surface area (TPSA) is 12.9 Å². The van der Waals surface area contributed by atoms with E-state index in [0.29, 0.717) is 5.39 Å². The molecule has 4 heteroatoms. The van der Waals surface area contributed by atoms with Crippen LogP contribution >= 0.6 is 0 Å². The first kappa shape index (κ1) is 15.5. The van der Waals surface area contributed by atoms with Crippen molar-refractivity contribution in [3.63, 3.8) is 0 Å². The Kier molecular flexibility index (Phi) is 3.84. The molecule has 1 unspecified atom stereocenters. The summed E-state index contributed by atoms with van der Waals surface area (Å²) >= 11 is 0.